The molecule has 0 bridgehead atoms. The molecule has 0 radical (unpaired) electrons. The van der Waals surface area contributed by atoms with Gasteiger partial charge in [-0.2, -0.15) is 13.2 Å². The fourth-order valence-corrected chi connectivity index (χ4v) is 3.77. The van der Waals surface area contributed by atoms with Crippen molar-refractivity contribution in [1.82, 2.24) is 19.4 Å². The van der Waals surface area contributed by atoms with Crippen molar-refractivity contribution in [3.63, 3.8) is 0 Å². The number of fused-ring (bicyclic) bond motifs is 1. The fraction of sp³-hybridized carbons (Fsp3) is 0.350. The van der Waals surface area contributed by atoms with E-state index in [-0.39, 0.29) is 24.1 Å². The second kappa shape index (κ2) is 7.38. The quantitative estimate of drug-likeness (QED) is 0.729. The number of carbonyl (C=O) groups is 1. The molecular weight excluding hydrogens is 385 g/mol. The van der Waals surface area contributed by atoms with E-state index in [0.29, 0.717) is 31.6 Å². The zero-order valence-electron chi connectivity index (χ0n) is 15.4. The van der Waals surface area contributed by atoms with E-state index in [4.69, 9.17) is 0 Å². The van der Waals surface area contributed by atoms with E-state index in [1.807, 2.05) is 24.3 Å². The van der Waals surface area contributed by atoms with Gasteiger partial charge in [0.05, 0.1) is 23.0 Å². The van der Waals surface area contributed by atoms with Gasteiger partial charge in [0.1, 0.15) is 0 Å². The maximum Gasteiger partial charge on any atom is 0.417 e. The predicted molar refractivity (Wildman–Crippen MR) is 100 cm³/mol. The first kappa shape index (κ1) is 19.2. The van der Waals surface area contributed by atoms with Gasteiger partial charge in [-0.15, -0.1) is 0 Å². The minimum absolute atomic E-state index is 0.00751. The van der Waals surface area contributed by atoms with Crippen molar-refractivity contribution in [1.29, 1.82) is 0 Å². The molecule has 152 valence electrons. The van der Waals surface area contributed by atoms with Gasteiger partial charge >= 0.3 is 11.9 Å². The minimum atomic E-state index is -4.45. The molecule has 3 aromatic rings. The van der Waals surface area contributed by atoms with Gasteiger partial charge in [0, 0.05) is 31.0 Å². The zero-order chi connectivity index (χ0) is 20.6. The van der Waals surface area contributed by atoms with Gasteiger partial charge in [-0.05, 0) is 37.1 Å². The monoisotopic (exact) mass is 404 g/mol. The summed E-state index contributed by atoms with van der Waals surface area (Å²) in [6, 6.07) is 9.64. The Morgan fingerprint density at radius 1 is 1.14 bits per heavy atom. The molecule has 0 unspecified atom stereocenters. The molecule has 1 saturated heterocycles. The second-order valence-corrected chi connectivity index (χ2v) is 7.14. The molecule has 1 aromatic carbocycles. The van der Waals surface area contributed by atoms with Crippen molar-refractivity contribution >= 4 is 16.9 Å². The number of aromatic amines is 1. The number of nitrogens with one attached hydrogen (secondary N) is 1. The third-order valence-corrected chi connectivity index (χ3v) is 5.29. The number of rotatable bonds is 3. The highest BCUT2D eigenvalue weighted by atomic mass is 19.4. The predicted octanol–water partition coefficient (Wildman–Crippen LogP) is 3.15. The van der Waals surface area contributed by atoms with E-state index >= 15 is 0 Å². The number of benzene rings is 1. The van der Waals surface area contributed by atoms with Gasteiger partial charge < -0.3 is 9.88 Å². The average molecular weight is 404 g/mol. The summed E-state index contributed by atoms with van der Waals surface area (Å²) in [7, 11) is 0. The lowest BCUT2D eigenvalue weighted by molar-refractivity contribution is -0.137. The number of aromatic nitrogens is 3. The van der Waals surface area contributed by atoms with Crippen LogP contribution in [0.3, 0.4) is 0 Å². The Kier molecular flexibility index (Phi) is 4.89. The number of halogens is 3. The smallest absolute Gasteiger partial charge is 0.342 e. The van der Waals surface area contributed by atoms with E-state index in [0.717, 1.165) is 23.3 Å². The van der Waals surface area contributed by atoms with Crippen LogP contribution in [0.4, 0.5) is 13.2 Å². The third-order valence-electron chi connectivity index (χ3n) is 5.29. The van der Waals surface area contributed by atoms with Crippen LogP contribution < -0.4 is 5.69 Å². The van der Waals surface area contributed by atoms with Crippen LogP contribution in [0.25, 0.3) is 11.0 Å². The summed E-state index contributed by atoms with van der Waals surface area (Å²) in [5.74, 6) is -0.179. The molecule has 0 atom stereocenters. The molecule has 1 amide bonds. The summed E-state index contributed by atoms with van der Waals surface area (Å²) < 4.78 is 39.6. The van der Waals surface area contributed by atoms with Gasteiger partial charge in [0.15, 0.2) is 0 Å². The first-order valence-corrected chi connectivity index (χ1v) is 9.32. The van der Waals surface area contributed by atoms with Crippen LogP contribution in [0.2, 0.25) is 0 Å². The molecule has 0 aliphatic carbocycles. The number of imidazole rings is 1. The Morgan fingerprint density at radius 3 is 2.52 bits per heavy atom. The first-order chi connectivity index (χ1) is 13.8. The third kappa shape index (κ3) is 3.90. The highest BCUT2D eigenvalue weighted by molar-refractivity contribution is 5.78. The number of piperidine rings is 1. The van der Waals surface area contributed by atoms with Gasteiger partial charge in [-0.25, -0.2) is 4.79 Å². The minimum Gasteiger partial charge on any atom is -0.342 e. The number of H-pyrrole nitrogens is 1. The molecule has 1 fully saturated rings. The maximum absolute atomic E-state index is 12.6. The van der Waals surface area contributed by atoms with Crippen molar-refractivity contribution in [3.05, 3.63) is 64.3 Å². The van der Waals surface area contributed by atoms with Crippen LogP contribution in [-0.4, -0.2) is 38.4 Å². The summed E-state index contributed by atoms with van der Waals surface area (Å²) >= 11 is 0. The topological polar surface area (TPSA) is 71.0 Å². The number of amides is 1. The second-order valence-electron chi connectivity index (χ2n) is 7.14. The summed E-state index contributed by atoms with van der Waals surface area (Å²) in [5.41, 5.74) is 0.933. The summed E-state index contributed by atoms with van der Waals surface area (Å²) in [5, 5.41) is 0. The molecular formula is C20H19F3N4O2. The van der Waals surface area contributed by atoms with Crippen molar-refractivity contribution in [2.75, 3.05) is 13.1 Å². The Bertz CT molecular complexity index is 1080. The fourth-order valence-electron chi connectivity index (χ4n) is 3.77. The highest BCUT2D eigenvalue weighted by Crippen LogP contribution is 2.29. The Morgan fingerprint density at radius 2 is 1.86 bits per heavy atom. The highest BCUT2D eigenvalue weighted by Gasteiger charge is 2.31. The molecule has 1 aliphatic rings. The largest absolute Gasteiger partial charge is 0.417 e. The molecule has 6 nitrogen and oxygen atoms in total. The Hall–Kier alpha value is -3.10. The molecule has 1 N–H and O–H groups in total. The van der Waals surface area contributed by atoms with Crippen molar-refractivity contribution in [2.45, 2.75) is 31.5 Å². The lowest BCUT2D eigenvalue weighted by Gasteiger charge is -2.32. The van der Waals surface area contributed by atoms with Crippen molar-refractivity contribution in [3.8, 4) is 0 Å². The van der Waals surface area contributed by atoms with E-state index in [1.165, 1.54) is 6.07 Å². The molecule has 2 aromatic heterocycles. The summed E-state index contributed by atoms with van der Waals surface area (Å²) in [4.78, 5) is 33.1. The van der Waals surface area contributed by atoms with Crippen LogP contribution in [-0.2, 0) is 17.4 Å². The first-order valence-electron chi connectivity index (χ1n) is 9.32. The van der Waals surface area contributed by atoms with E-state index in [1.54, 1.807) is 9.47 Å². The van der Waals surface area contributed by atoms with E-state index in [2.05, 4.69) is 9.97 Å². The standard InChI is InChI=1S/C20H19F3N4O2/c21-20(22,23)13-5-6-14(24-12-13)11-18(28)26-9-7-15(8-10-26)27-17-4-2-1-3-16(17)25-19(27)29/h1-6,12,15H,7-11H2,(H,25,29). The Labute approximate surface area is 164 Å². The normalized spacial score (nSPS) is 15.8. The summed E-state index contributed by atoms with van der Waals surface area (Å²) in [6.07, 6.45) is -2.48. The van der Waals surface area contributed by atoms with Crippen LogP contribution in [0, 0.1) is 0 Å². The molecule has 0 spiro atoms. The average Bonchev–Trinajstić information content (AvgIpc) is 3.03. The molecule has 0 saturated carbocycles. The van der Waals surface area contributed by atoms with Crippen LogP contribution in [0.15, 0.2) is 47.4 Å². The number of nitrogens with zero attached hydrogens (tertiary/aromatic N) is 3. The van der Waals surface area contributed by atoms with Gasteiger partial charge in [0.25, 0.3) is 0 Å². The van der Waals surface area contributed by atoms with Crippen LogP contribution in [0.1, 0.15) is 30.1 Å². The number of pyridine rings is 1. The number of hydrogen-bond donors (Lipinski definition) is 1. The van der Waals surface area contributed by atoms with Crippen molar-refractivity contribution in [2.24, 2.45) is 0 Å². The lowest BCUT2D eigenvalue weighted by Crippen LogP contribution is -2.41. The number of para-hydroxylation sites is 2. The van der Waals surface area contributed by atoms with Crippen LogP contribution in [0.5, 0.6) is 0 Å². The lowest BCUT2D eigenvalue weighted by atomic mass is 10.0. The van der Waals surface area contributed by atoms with Gasteiger partial charge in [0.2, 0.25) is 5.91 Å². The van der Waals surface area contributed by atoms with E-state index in [9.17, 15) is 22.8 Å². The van der Waals surface area contributed by atoms with Crippen molar-refractivity contribution < 1.29 is 18.0 Å². The number of carbonyl (C=O) groups excluding carboxylic acids is 1. The molecule has 29 heavy (non-hydrogen) atoms. The van der Waals surface area contributed by atoms with E-state index < -0.39 is 11.7 Å². The number of likely N-dealkylation sites (tertiary alicyclic amines) is 1. The Balaban J connectivity index is 1.40. The maximum atomic E-state index is 12.6. The zero-order valence-corrected chi connectivity index (χ0v) is 15.4. The van der Waals surface area contributed by atoms with Gasteiger partial charge in [-0.1, -0.05) is 12.1 Å². The SMILES string of the molecule is O=C(Cc1ccc(C(F)(F)F)cn1)N1CCC(n2c(=O)[nH]c3ccccc32)CC1. The summed E-state index contributed by atoms with van der Waals surface area (Å²) in [6.45, 7) is 0.964. The number of hydrogen-bond acceptors (Lipinski definition) is 3. The van der Waals surface area contributed by atoms with Crippen LogP contribution >= 0.6 is 0 Å². The molecule has 9 heteroatoms. The number of alkyl halides is 3. The van der Waals surface area contributed by atoms with Gasteiger partial charge in [-0.3, -0.25) is 14.3 Å². The molecule has 3 heterocycles. The molecule has 4 rings (SSSR count). The molecule has 1 aliphatic heterocycles.